The van der Waals surface area contributed by atoms with E-state index in [-0.39, 0.29) is 17.8 Å². The number of benzene rings is 2. The third-order valence-electron chi connectivity index (χ3n) is 4.19. The standard InChI is InChI=1S/C21H29NO4/c1-12(2)14-8-16(20(23)18(9-14)24-6)17-10-15(22-5)11-19(25-7)21(17)26-13(3)4/h8-13,22-23H,1-7H3. The Morgan fingerprint density at radius 3 is 2.04 bits per heavy atom. The van der Waals surface area contributed by atoms with E-state index in [4.69, 9.17) is 14.2 Å². The van der Waals surface area contributed by atoms with Crippen molar-refractivity contribution < 1.29 is 19.3 Å². The van der Waals surface area contributed by atoms with Gasteiger partial charge in [-0.2, -0.15) is 0 Å². The van der Waals surface area contributed by atoms with Crippen LogP contribution in [0.15, 0.2) is 24.3 Å². The van der Waals surface area contributed by atoms with E-state index < -0.39 is 0 Å². The molecule has 0 saturated carbocycles. The lowest BCUT2D eigenvalue weighted by Gasteiger charge is -2.21. The van der Waals surface area contributed by atoms with Crippen molar-refractivity contribution in [2.75, 3.05) is 26.6 Å². The molecule has 0 heterocycles. The molecule has 26 heavy (non-hydrogen) atoms. The zero-order valence-corrected chi connectivity index (χ0v) is 16.6. The zero-order chi connectivity index (χ0) is 19.4. The minimum Gasteiger partial charge on any atom is -0.504 e. The van der Waals surface area contributed by atoms with Crippen molar-refractivity contribution in [1.29, 1.82) is 0 Å². The predicted octanol–water partition coefficient (Wildman–Crippen LogP) is 5.03. The molecule has 2 aromatic carbocycles. The molecule has 0 saturated heterocycles. The molecule has 2 N–H and O–H groups in total. The lowest BCUT2D eigenvalue weighted by Crippen LogP contribution is -2.08. The molecular weight excluding hydrogens is 330 g/mol. The molecule has 0 bridgehead atoms. The first-order valence-corrected chi connectivity index (χ1v) is 8.80. The first kappa shape index (κ1) is 19.8. The highest BCUT2D eigenvalue weighted by Gasteiger charge is 2.21. The molecule has 0 atom stereocenters. The molecule has 0 aliphatic heterocycles. The minimum atomic E-state index is -0.0413. The number of hydrogen-bond acceptors (Lipinski definition) is 5. The summed E-state index contributed by atoms with van der Waals surface area (Å²) in [5, 5.41) is 13.9. The van der Waals surface area contributed by atoms with Gasteiger partial charge in [0.05, 0.1) is 20.3 Å². The number of phenols is 1. The van der Waals surface area contributed by atoms with Gasteiger partial charge < -0.3 is 24.6 Å². The predicted molar refractivity (Wildman–Crippen MR) is 106 cm³/mol. The smallest absolute Gasteiger partial charge is 0.169 e. The van der Waals surface area contributed by atoms with Crippen LogP contribution in [0.1, 0.15) is 39.2 Å². The molecule has 0 spiro atoms. The van der Waals surface area contributed by atoms with Crippen LogP contribution in [0.5, 0.6) is 23.0 Å². The van der Waals surface area contributed by atoms with Gasteiger partial charge in [0, 0.05) is 29.9 Å². The van der Waals surface area contributed by atoms with E-state index in [0.717, 1.165) is 16.8 Å². The van der Waals surface area contributed by atoms with Crippen molar-refractivity contribution in [3.05, 3.63) is 29.8 Å². The van der Waals surface area contributed by atoms with E-state index in [1.807, 2.05) is 45.2 Å². The molecule has 0 radical (unpaired) electrons. The Kier molecular flexibility index (Phi) is 6.24. The Bertz CT molecular complexity index is 769. The molecular formula is C21H29NO4. The molecule has 5 nitrogen and oxygen atoms in total. The molecule has 0 fully saturated rings. The van der Waals surface area contributed by atoms with Gasteiger partial charge in [-0.1, -0.05) is 13.8 Å². The fraction of sp³-hybridized carbons (Fsp3) is 0.429. The Balaban J connectivity index is 2.83. The number of aromatic hydroxyl groups is 1. The molecule has 0 aliphatic carbocycles. The van der Waals surface area contributed by atoms with Crippen LogP contribution >= 0.6 is 0 Å². The van der Waals surface area contributed by atoms with Gasteiger partial charge in [-0.25, -0.2) is 0 Å². The summed E-state index contributed by atoms with van der Waals surface area (Å²) in [6, 6.07) is 7.66. The second kappa shape index (κ2) is 8.21. The zero-order valence-electron chi connectivity index (χ0n) is 16.6. The second-order valence-electron chi connectivity index (χ2n) is 6.75. The SMILES string of the molecule is CNc1cc(OC)c(OC(C)C)c(-c2cc(C(C)C)cc(OC)c2O)c1. The van der Waals surface area contributed by atoms with E-state index in [9.17, 15) is 5.11 Å². The highest BCUT2D eigenvalue weighted by molar-refractivity contribution is 5.83. The average Bonchev–Trinajstić information content (AvgIpc) is 2.61. The van der Waals surface area contributed by atoms with Crippen LogP contribution in [0.25, 0.3) is 11.1 Å². The summed E-state index contributed by atoms with van der Waals surface area (Å²) in [4.78, 5) is 0. The fourth-order valence-electron chi connectivity index (χ4n) is 2.78. The lowest BCUT2D eigenvalue weighted by molar-refractivity contribution is 0.231. The van der Waals surface area contributed by atoms with Crippen LogP contribution in [0.4, 0.5) is 5.69 Å². The quantitative estimate of drug-likeness (QED) is 0.726. The summed E-state index contributed by atoms with van der Waals surface area (Å²) in [6.07, 6.45) is -0.0413. The molecule has 5 heteroatoms. The van der Waals surface area contributed by atoms with E-state index in [0.29, 0.717) is 22.8 Å². The van der Waals surface area contributed by atoms with Crippen LogP contribution in [-0.4, -0.2) is 32.5 Å². The number of ether oxygens (including phenoxy) is 3. The first-order chi connectivity index (χ1) is 12.3. The van der Waals surface area contributed by atoms with Gasteiger partial charge in [-0.3, -0.25) is 0 Å². The number of nitrogens with one attached hydrogen (secondary N) is 1. The number of methoxy groups -OCH3 is 2. The number of rotatable bonds is 7. The monoisotopic (exact) mass is 359 g/mol. The third kappa shape index (κ3) is 3.98. The van der Waals surface area contributed by atoms with E-state index in [2.05, 4.69) is 19.2 Å². The average molecular weight is 359 g/mol. The van der Waals surface area contributed by atoms with Gasteiger partial charge in [0.25, 0.3) is 0 Å². The van der Waals surface area contributed by atoms with Gasteiger partial charge in [-0.15, -0.1) is 0 Å². The van der Waals surface area contributed by atoms with Crippen LogP contribution < -0.4 is 19.5 Å². The van der Waals surface area contributed by atoms with Crippen molar-refractivity contribution in [2.45, 2.75) is 39.7 Å². The van der Waals surface area contributed by atoms with Crippen LogP contribution in [0.3, 0.4) is 0 Å². The van der Waals surface area contributed by atoms with Crippen molar-refractivity contribution in [2.24, 2.45) is 0 Å². The molecule has 142 valence electrons. The van der Waals surface area contributed by atoms with Gasteiger partial charge in [-0.05, 0) is 43.5 Å². The van der Waals surface area contributed by atoms with Crippen molar-refractivity contribution >= 4 is 5.69 Å². The molecule has 2 rings (SSSR count). The topological polar surface area (TPSA) is 60.0 Å². The minimum absolute atomic E-state index is 0.0413. The Morgan fingerprint density at radius 2 is 1.54 bits per heavy atom. The summed E-state index contributed by atoms with van der Waals surface area (Å²) in [7, 11) is 5.00. The number of anilines is 1. The Morgan fingerprint density at radius 1 is 0.885 bits per heavy atom. The normalized spacial score (nSPS) is 11.0. The summed E-state index contributed by atoms with van der Waals surface area (Å²) in [5.74, 6) is 2.01. The van der Waals surface area contributed by atoms with E-state index in [1.54, 1.807) is 14.2 Å². The molecule has 2 aromatic rings. The van der Waals surface area contributed by atoms with Gasteiger partial charge in [0.1, 0.15) is 0 Å². The van der Waals surface area contributed by atoms with E-state index >= 15 is 0 Å². The second-order valence-corrected chi connectivity index (χ2v) is 6.75. The lowest BCUT2D eigenvalue weighted by atomic mass is 9.94. The molecule has 0 aliphatic rings. The van der Waals surface area contributed by atoms with Crippen LogP contribution in [0, 0.1) is 0 Å². The Labute approximate surface area is 155 Å². The maximum Gasteiger partial charge on any atom is 0.169 e. The highest BCUT2D eigenvalue weighted by Crippen LogP contribution is 2.47. The molecule has 0 amide bonds. The highest BCUT2D eigenvalue weighted by atomic mass is 16.5. The van der Waals surface area contributed by atoms with Gasteiger partial charge >= 0.3 is 0 Å². The van der Waals surface area contributed by atoms with E-state index in [1.165, 1.54) is 0 Å². The number of phenolic OH excluding ortho intramolecular Hbond substituents is 1. The Hall–Kier alpha value is -2.56. The number of hydrogen-bond donors (Lipinski definition) is 2. The largest absolute Gasteiger partial charge is 0.504 e. The van der Waals surface area contributed by atoms with Crippen molar-refractivity contribution in [3.63, 3.8) is 0 Å². The van der Waals surface area contributed by atoms with Crippen molar-refractivity contribution in [3.8, 4) is 34.1 Å². The summed E-state index contributed by atoms with van der Waals surface area (Å²) >= 11 is 0. The van der Waals surface area contributed by atoms with Gasteiger partial charge in [0.2, 0.25) is 0 Å². The van der Waals surface area contributed by atoms with Gasteiger partial charge in [0.15, 0.2) is 23.0 Å². The summed E-state index contributed by atoms with van der Waals surface area (Å²) < 4.78 is 17.0. The summed E-state index contributed by atoms with van der Waals surface area (Å²) in [6.45, 7) is 8.12. The maximum atomic E-state index is 10.8. The first-order valence-electron chi connectivity index (χ1n) is 8.80. The maximum absolute atomic E-state index is 10.8. The van der Waals surface area contributed by atoms with Crippen LogP contribution in [-0.2, 0) is 0 Å². The molecule has 0 aromatic heterocycles. The summed E-state index contributed by atoms with van der Waals surface area (Å²) in [5.41, 5.74) is 3.33. The molecule has 0 unspecified atom stereocenters. The van der Waals surface area contributed by atoms with Crippen LogP contribution in [0.2, 0.25) is 0 Å². The third-order valence-corrected chi connectivity index (χ3v) is 4.19. The van der Waals surface area contributed by atoms with Crippen molar-refractivity contribution in [1.82, 2.24) is 0 Å². The fourth-order valence-corrected chi connectivity index (χ4v) is 2.78.